The molecule has 132 valence electrons. The second kappa shape index (κ2) is 6.42. The van der Waals surface area contributed by atoms with Gasteiger partial charge in [0, 0.05) is 17.0 Å². The summed E-state index contributed by atoms with van der Waals surface area (Å²) in [5.41, 5.74) is 2.12. The molecule has 5 rings (SSSR count). The molecule has 0 radical (unpaired) electrons. The fourth-order valence-electron chi connectivity index (χ4n) is 4.18. The lowest BCUT2D eigenvalue weighted by atomic mass is 9.82. The van der Waals surface area contributed by atoms with Gasteiger partial charge in [0.2, 0.25) is 0 Å². The average Bonchev–Trinajstić information content (AvgIpc) is 3.03. The highest BCUT2D eigenvalue weighted by Gasteiger charge is 2.40. The van der Waals surface area contributed by atoms with Crippen molar-refractivity contribution < 1.29 is 14.3 Å². The van der Waals surface area contributed by atoms with E-state index in [1.54, 1.807) is 17.4 Å². The standard InChI is InChI=1S/C19H21FN2O2S/c1-12-8-14(11-25-12)16-9-15(20)2-3-17(16)22(19(23)24)18-10-21-6-4-13(18)5-7-21/h2-3,8-9,11,13,18H,4-7,10H2,1H3,(H,23,24)/t18-/m0/s1. The zero-order valence-corrected chi connectivity index (χ0v) is 14.9. The molecule has 0 saturated carbocycles. The van der Waals surface area contributed by atoms with Crippen molar-refractivity contribution in [3.05, 3.63) is 40.3 Å². The molecule has 3 aliphatic heterocycles. The Balaban J connectivity index is 1.79. The van der Waals surface area contributed by atoms with Crippen LogP contribution in [-0.2, 0) is 0 Å². The van der Waals surface area contributed by atoms with Gasteiger partial charge < -0.3 is 10.0 Å². The van der Waals surface area contributed by atoms with Crippen LogP contribution in [0.1, 0.15) is 17.7 Å². The maximum Gasteiger partial charge on any atom is 0.412 e. The second-order valence-corrected chi connectivity index (χ2v) is 8.08. The van der Waals surface area contributed by atoms with Gasteiger partial charge in [-0.05, 0) is 74.0 Å². The predicted molar refractivity (Wildman–Crippen MR) is 97.9 cm³/mol. The third-order valence-electron chi connectivity index (χ3n) is 5.42. The summed E-state index contributed by atoms with van der Waals surface area (Å²) >= 11 is 1.58. The van der Waals surface area contributed by atoms with Gasteiger partial charge in [0.05, 0.1) is 11.7 Å². The Labute approximate surface area is 150 Å². The number of anilines is 1. The third kappa shape index (κ3) is 3.04. The van der Waals surface area contributed by atoms with Crippen LogP contribution in [0.15, 0.2) is 29.6 Å². The quantitative estimate of drug-likeness (QED) is 0.880. The summed E-state index contributed by atoms with van der Waals surface area (Å²) in [6, 6.07) is 6.34. The maximum absolute atomic E-state index is 13.9. The first-order valence-electron chi connectivity index (χ1n) is 8.62. The van der Waals surface area contributed by atoms with Crippen LogP contribution in [0.3, 0.4) is 0 Å². The molecule has 3 fully saturated rings. The number of piperidine rings is 3. The van der Waals surface area contributed by atoms with Crippen LogP contribution >= 0.6 is 11.3 Å². The molecule has 1 aromatic heterocycles. The molecule has 1 N–H and O–H groups in total. The van der Waals surface area contributed by atoms with Crippen molar-refractivity contribution in [1.82, 2.24) is 4.90 Å². The van der Waals surface area contributed by atoms with Crippen molar-refractivity contribution in [2.24, 2.45) is 5.92 Å². The van der Waals surface area contributed by atoms with E-state index in [1.807, 2.05) is 18.4 Å². The number of hydrogen-bond acceptors (Lipinski definition) is 3. The Morgan fingerprint density at radius 1 is 1.32 bits per heavy atom. The van der Waals surface area contributed by atoms with E-state index in [0.717, 1.165) is 42.9 Å². The zero-order valence-electron chi connectivity index (χ0n) is 14.1. The molecule has 4 nitrogen and oxygen atoms in total. The van der Waals surface area contributed by atoms with E-state index >= 15 is 0 Å². The fraction of sp³-hybridized carbons (Fsp3) is 0.421. The van der Waals surface area contributed by atoms with E-state index in [2.05, 4.69) is 4.90 Å². The van der Waals surface area contributed by atoms with Gasteiger partial charge in [-0.1, -0.05) is 0 Å². The molecule has 1 atom stereocenters. The summed E-state index contributed by atoms with van der Waals surface area (Å²) in [6.45, 7) is 4.86. The predicted octanol–water partition coefficient (Wildman–Crippen LogP) is 4.44. The number of fused-ring (bicyclic) bond motifs is 3. The zero-order chi connectivity index (χ0) is 17.6. The fourth-order valence-corrected chi connectivity index (χ4v) is 4.89. The lowest BCUT2D eigenvalue weighted by Crippen LogP contribution is -2.58. The summed E-state index contributed by atoms with van der Waals surface area (Å²) in [6.07, 6.45) is 1.10. The Hall–Kier alpha value is -1.92. The van der Waals surface area contributed by atoms with Crippen molar-refractivity contribution >= 4 is 23.1 Å². The molecule has 6 heteroatoms. The van der Waals surface area contributed by atoms with Crippen molar-refractivity contribution in [3.63, 3.8) is 0 Å². The van der Waals surface area contributed by atoms with E-state index in [-0.39, 0.29) is 11.9 Å². The highest BCUT2D eigenvalue weighted by Crippen LogP contribution is 2.39. The first-order chi connectivity index (χ1) is 12.0. The Bertz CT molecular complexity index is 798. The highest BCUT2D eigenvalue weighted by atomic mass is 32.1. The molecule has 2 bridgehead atoms. The van der Waals surface area contributed by atoms with Crippen LogP contribution in [-0.4, -0.2) is 41.8 Å². The SMILES string of the molecule is Cc1cc(-c2cc(F)ccc2N(C(=O)O)[C@H]2CN3CCC2CC3)cs1. The van der Waals surface area contributed by atoms with Gasteiger partial charge in [-0.25, -0.2) is 9.18 Å². The molecule has 2 aromatic rings. The van der Waals surface area contributed by atoms with Crippen LogP contribution in [0, 0.1) is 18.7 Å². The molecule has 0 aliphatic carbocycles. The van der Waals surface area contributed by atoms with E-state index in [4.69, 9.17) is 0 Å². The highest BCUT2D eigenvalue weighted by molar-refractivity contribution is 7.10. The number of thiophene rings is 1. The van der Waals surface area contributed by atoms with Crippen LogP contribution in [0.5, 0.6) is 0 Å². The number of nitrogens with zero attached hydrogens (tertiary/aromatic N) is 2. The summed E-state index contributed by atoms with van der Waals surface area (Å²) in [4.78, 5) is 17.1. The Morgan fingerprint density at radius 2 is 2.08 bits per heavy atom. The minimum absolute atomic E-state index is 0.0658. The molecular formula is C19H21FN2O2S. The van der Waals surface area contributed by atoms with E-state index < -0.39 is 6.09 Å². The van der Waals surface area contributed by atoms with Gasteiger partial charge in [0.25, 0.3) is 0 Å². The molecule has 0 spiro atoms. The Kier molecular flexibility index (Phi) is 4.25. The minimum Gasteiger partial charge on any atom is -0.465 e. The molecule has 4 heterocycles. The largest absolute Gasteiger partial charge is 0.465 e. The number of aryl methyl sites for hydroxylation is 1. The molecule has 0 unspecified atom stereocenters. The number of rotatable bonds is 3. The maximum atomic E-state index is 13.9. The van der Waals surface area contributed by atoms with Crippen molar-refractivity contribution in [2.45, 2.75) is 25.8 Å². The topological polar surface area (TPSA) is 43.8 Å². The van der Waals surface area contributed by atoms with Crippen LogP contribution in [0.4, 0.5) is 14.9 Å². The van der Waals surface area contributed by atoms with Gasteiger partial charge >= 0.3 is 6.09 Å². The van der Waals surface area contributed by atoms with Crippen molar-refractivity contribution in [3.8, 4) is 11.1 Å². The van der Waals surface area contributed by atoms with Crippen molar-refractivity contribution in [2.75, 3.05) is 24.5 Å². The van der Waals surface area contributed by atoms with E-state index in [9.17, 15) is 14.3 Å². The second-order valence-electron chi connectivity index (χ2n) is 6.97. The normalized spacial score (nSPS) is 25.1. The number of amides is 1. The molecule has 1 amide bonds. The molecule has 3 aliphatic rings. The first kappa shape index (κ1) is 16.5. The van der Waals surface area contributed by atoms with Gasteiger partial charge in [-0.15, -0.1) is 11.3 Å². The van der Waals surface area contributed by atoms with E-state index in [1.165, 1.54) is 17.0 Å². The van der Waals surface area contributed by atoms with Gasteiger partial charge in [-0.3, -0.25) is 4.90 Å². The summed E-state index contributed by atoms with van der Waals surface area (Å²) in [5, 5.41) is 11.9. The van der Waals surface area contributed by atoms with Crippen LogP contribution in [0.2, 0.25) is 0 Å². The monoisotopic (exact) mass is 360 g/mol. The number of benzene rings is 1. The summed E-state index contributed by atoms with van der Waals surface area (Å²) in [7, 11) is 0. The van der Waals surface area contributed by atoms with Crippen molar-refractivity contribution in [1.29, 1.82) is 0 Å². The lowest BCUT2D eigenvalue weighted by molar-refractivity contribution is 0.0837. The summed E-state index contributed by atoms with van der Waals surface area (Å²) < 4.78 is 13.9. The van der Waals surface area contributed by atoms with Crippen LogP contribution in [0.25, 0.3) is 11.1 Å². The smallest absolute Gasteiger partial charge is 0.412 e. The van der Waals surface area contributed by atoms with Gasteiger partial charge in [-0.2, -0.15) is 0 Å². The molecular weight excluding hydrogens is 339 g/mol. The van der Waals surface area contributed by atoms with Crippen LogP contribution < -0.4 is 4.90 Å². The average molecular weight is 360 g/mol. The molecule has 3 saturated heterocycles. The summed E-state index contributed by atoms with van der Waals surface area (Å²) in [5.74, 6) is 0.0325. The lowest BCUT2D eigenvalue weighted by Gasteiger charge is -2.48. The number of hydrogen-bond donors (Lipinski definition) is 1. The third-order valence-corrected chi connectivity index (χ3v) is 6.28. The number of carboxylic acid groups (broad SMARTS) is 1. The van der Waals surface area contributed by atoms with Gasteiger partial charge in [0.15, 0.2) is 0 Å². The molecule has 25 heavy (non-hydrogen) atoms. The Morgan fingerprint density at radius 3 is 2.64 bits per heavy atom. The number of carbonyl (C=O) groups is 1. The first-order valence-corrected chi connectivity index (χ1v) is 9.50. The van der Waals surface area contributed by atoms with Gasteiger partial charge in [0.1, 0.15) is 5.82 Å². The van der Waals surface area contributed by atoms with E-state index in [0.29, 0.717) is 17.2 Å². The molecule has 1 aromatic carbocycles. The number of halogens is 1. The minimum atomic E-state index is -0.960.